The van der Waals surface area contributed by atoms with Crippen LogP contribution in [0.4, 0.5) is 0 Å². The monoisotopic (exact) mass is 515 g/mol. The van der Waals surface area contributed by atoms with Gasteiger partial charge in [-0.3, -0.25) is 9.89 Å². The Hall–Kier alpha value is -2.11. The average Bonchev–Trinajstić information content (AvgIpc) is 3.61. The highest BCUT2D eigenvalue weighted by Gasteiger charge is 2.72. The number of nitrogens with zero attached hydrogens (tertiary/aromatic N) is 2. The molecule has 10 nitrogen and oxygen atoms in total. The maximum Gasteiger partial charge on any atom is 0.185 e. The van der Waals surface area contributed by atoms with E-state index >= 15 is 0 Å². The van der Waals surface area contributed by atoms with Crippen LogP contribution >= 0.6 is 0 Å². The Morgan fingerprint density at radius 3 is 2.73 bits per heavy atom. The summed E-state index contributed by atoms with van der Waals surface area (Å²) in [6, 6.07) is 4.00. The number of hydrogen-bond acceptors (Lipinski definition) is 8. The number of hydrogen-bond donors (Lipinski definition) is 5. The van der Waals surface area contributed by atoms with Crippen LogP contribution in [0.25, 0.3) is 0 Å². The second-order valence-electron chi connectivity index (χ2n) is 11.4. The second-order valence-corrected chi connectivity index (χ2v) is 11.4. The highest BCUT2D eigenvalue weighted by atomic mass is 16.5. The second kappa shape index (κ2) is 9.89. The number of benzene rings is 1. The van der Waals surface area contributed by atoms with Gasteiger partial charge in [0.1, 0.15) is 6.10 Å². The maximum atomic E-state index is 12.5. The number of aliphatic hydroxyl groups is 1. The number of aliphatic imine (C=N–C) groups is 1. The van der Waals surface area contributed by atoms with Gasteiger partial charge in [0.15, 0.2) is 17.5 Å². The van der Waals surface area contributed by atoms with E-state index in [0.29, 0.717) is 45.3 Å². The molecule has 1 spiro atoms. The third-order valence-electron chi connectivity index (χ3n) is 9.32. The Kier molecular flexibility index (Phi) is 6.73. The molecule has 5 aliphatic rings. The minimum Gasteiger partial charge on any atom is -0.504 e. The fraction of sp³-hybridized carbons (Fsp3) is 0.741. The molecule has 2 aliphatic heterocycles. The normalized spacial score (nSPS) is 33.6. The molecule has 1 saturated heterocycles. The molecule has 3 aliphatic carbocycles. The van der Waals surface area contributed by atoms with E-state index in [1.165, 1.54) is 18.4 Å². The number of phenolic OH excluding ortho intramolecular Hbond substituents is 1. The minimum absolute atomic E-state index is 0.0694. The van der Waals surface area contributed by atoms with Gasteiger partial charge in [-0.25, -0.2) is 0 Å². The van der Waals surface area contributed by atoms with Crippen molar-refractivity contribution in [2.45, 2.75) is 67.7 Å². The van der Waals surface area contributed by atoms with E-state index in [9.17, 15) is 10.2 Å². The summed E-state index contributed by atoms with van der Waals surface area (Å²) in [4.78, 5) is 6.44. The van der Waals surface area contributed by atoms with Gasteiger partial charge in [-0.05, 0) is 62.6 Å². The van der Waals surface area contributed by atoms with E-state index in [1.807, 2.05) is 0 Å². The Morgan fingerprint density at radius 2 is 1.95 bits per heavy atom. The number of ether oxygens (including phenoxy) is 3. The molecule has 0 radical (unpaired) electrons. The van der Waals surface area contributed by atoms with Gasteiger partial charge in [-0.2, -0.15) is 0 Å². The third-order valence-corrected chi connectivity index (χ3v) is 9.32. The molecule has 3 fully saturated rings. The van der Waals surface area contributed by atoms with Crippen LogP contribution in [0.1, 0.15) is 43.2 Å². The molecule has 10 heteroatoms. The molecule has 0 aromatic heterocycles. The molecule has 0 amide bonds. The predicted molar refractivity (Wildman–Crippen MR) is 139 cm³/mol. The average molecular weight is 516 g/mol. The first-order chi connectivity index (χ1) is 17.9. The number of likely N-dealkylation sites (tertiary alicyclic amines) is 1. The van der Waals surface area contributed by atoms with Gasteiger partial charge < -0.3 is 41.2 Å². The van der Waals surface area contributed by atoms with E-state index < -0.39 is 11.0 Å². The lowest BCUT2D eigenvalue weighted by molar-refractivity contribution is -0.191. The van der Waals surface area contributed by atoms with E-state index in [2.05, 4.69) is 21.3 Å². The summed E-state index contributed by atoms with van der Waals surface area (Å²) in [5.74, 6) is 1.63. The van der Waals surface area contributed by atoms with Crippen LogP contribution in [0.15, 0.2) is 17.1 Å². The van der Waals surface area contributed by atoms with Crippen LogP contribution in [0.5, 0.6) is 11.5 Å². The van der Waals surface area contributed by atoms with Crippen molar-refractivity contribution in [3.63, 3.8) is 0 Å². The molecular formula is C27H41N5O5. The zero-order valence-electron chi connectivity index (χ0n) is 21.5. The molecule has 37 heavy (non-hydrogen) atoms. The van der Waals surface area contributed by atoms with Crippen molar-refractivity contribution in [2.75, 3.05) is 52.6 Å². The van der Waals surface area contributed by atoms with Crippen LogP contribution in [-0.4, -0.2) is 97.5 Å². The predicted octanol–water partition coefficient (Wildman–Crippen LogP) is 0.221. The molecule has 2 saturated carbocycles. The van der Waals surface area contributed by atoms with Crippen molar-refractivity contribution < 1.29 is 24.4 Å². The summed E-state index contributed by atoms with van der Waals surface area (Å²) < 4.78 is 17.8. The highest BCUT2D eigenvalue weighted by Crippen LogP contribution is 2.65. The summed E-state index contributed by atoms with van der Waals surface area (Å²) in [6.45, 7) is 5.18. The van der Waals surface area contributed by atoms with Crippen LogP contribution < -0.4 is 21.5 Å². The zero-order valence-corrected chi connectivity index (χ0v) is 21.5. The molecule has 1 aromatic carbocycles. The lowest BCUT2D eigenvalue weighted by Gasteiger charge is -2.64. The van der Waals surface area contributed by atoms with Gasteiger partial charge in [0.05, 0.1) is 44.0 Å². The zero-order chi connectivity index (χ0) is 25.6. The van der Waals surface area contributed by atoms with Crippen molar-refractivity contribution in [3.8, 4) is 11.5 Å². The number of nitrogens with one attached hydrogen (secondary N) is 1. The van der Waals surface area contributed by atoms with Crippen LogP contribution in [0.2, 0.25) is 0 Å². The summed E-state index contributed by atoms with van der Waals surface area (Å²) >= 11 is 0. The fourth-order valence-corrected chi connectivity index (χ4v) is 7.57. The Labute approximate surface area is 218 Å². The molecule has 2 unspecified atom stereocenters. The molecule has 7 N–H and O–H groups in total. The molecule has 204 valence electrons. The van der Waals surface area contributed by atoms with E-state index in [-0.39, 0.29) is 29.9 Å². The van der Waals surface area contributed by atoms with E-state index in [0.717, 1.165) is 50.3 Å². The van der Waals surface area contributed by atoms with Gasteiger partial charge in [0.2, 0.25) is 0 Å². The largest absolute Gasteiger partial charge is 0.504 e. The van der Waals surface area contributed by atoms with Gasteiger partial charge in [0.25, 0.3) is 0 Å². The van der Waals surface area contributed by atoms with Gasteiger partial charge in [-0.15, -0.1) is 0 Å². The lowest BCUT2D eigenvalue weighted by atomic mass is 9.48. The fourth-order valence-electron chi connectivity index (χ4n) is 7.57. The number of rotatable bonds is 12. The summed E-state index contributed by atoms with van der Waals surface area (Å²) in [5, 5.41) is 26.9. The first-order valence-corrected chi connectivity index (χ1v) is 13.9. The number of piperidine rings is 1. The van der Waals surface area contributed by atoms with Crippen molar-refractivity contribution in [1.29, 1.82) is 0 Å². The SMILES string of the molecule is NC(N)=NCCOCCOCCN[C@@H]1CC[C@@]2(O)C3Cc4ccc(O)c5c4C2(CCN3CC2CC2)[C@H]1O5. The topological polar surface area (TPSA) is 148 Å². The molecular weight excluding hydrogens is 474 g/mol. The van der Waals surface area contributed by atoms with Crippen LogP contribution in [0, 0.1) is 5.92 Å². The molecule has 1 aromatic rings. The standard InChI is InChI=1S/C27H41N5O5/c28-25(29)31-9-12-36-14-13-35-11-8-30-19-5-6-27(34)21-15-18-3-4-20(33)23-22(18)26(27,24(19)37-23)7-10-32(21)16-17-1-2-17/h3-4,17,19,21,24,30,33-34H,1-2,5-16H2,(H4,28,29,31)/t19-,21?,24+,26?,27-/m1/s1. The number of nitrogens with two attached hydrogens (primary N) is 2. The quantitative estimate of drug-likeness (QED) is 0.150. The molecule has 6 rings (SSSR count). The molecule has 5 atom stereocenters. The first kappa shape index (κ1) is 25.2. The Morgan fingerprint density at radius 1 is 1.14 bits per heavy atom. The first-order valence-electron chi connectivity index (χ1n) is 13.9. The Balaban J connectivity index is 1.11. The summed E-state index contributed by atoms with van der Waals surface area (Å²) in [7, 11) is 0. The molecule has 2 bridgehead atoms. The van der Waals surface area contributed by atoms with Gasteiger partial charge in [0, 0.05) is 30.7 Å². The van der Waals surface area contributed by atoms with Gasteiger partial charge >= 0.3 is 0 Å². The van der Waals surface area contributed by atoms with Crippen molar-refractivity contribution in [2.24, 2.45) is 22.4 Å². The maximum absolute atomic E-state index is 12.5. The smallest absolute Gasteiger partial charge is 0.185 e. The summed E-state index contributed by atoms with van der Waals surface area (Å²) in [5.41, 5.74) is 11.6. The highest BCUT2D eigenvalue weighted by molar-refractivity contribution is 5.75. The van der Waals surface area contributed by atoms with Crippen molar-refractivity contribution in [1.82, 2.24) is 10.2 Å². The molecule has 2 heterocycles. The Bertz CT molecular complexity index is 1030. The van der Waals surface area contributed by atoms with Gasteiger partial charge in [-0.1, -0.05) is 6.07 Å². The van der Waals surface area contributed by atoms with E-state index in [4.69, 9.17) is 25.7 Å². The van der Waals surface area contributed by atoms with Crippen LogP contribution in [-0.2, 0) is 21.3 Å². The third kappa shape index (κ3) is 4.27. The van der Waals surface area contributed by atoms with Crippen molar-refractivity contribution >= 4 is 5.96 Å². The van der Waals surface area contributed by atoms with E-state index in [1.54, 1.807) is 6.07 Å². The number of guanidine groups is 1. The summed E-state index contributed by atoms with van der Waals surface area (Å²) in [6.07, 6.45) is 5.65. The van der Waals surface area contributed by atoms with Crippen molar-refractivity contribution in [3.05, 3.63) is 23.3 Å². The van der Waals surface area contributed by atoms with Crippen LogP contribution in [0.3, 0.4) is 0 Å². The number of aromatic hydroxyl groups is 1. The lowest BCUT2D eigenvalue weighted by Crippen LogP contribution is -2.78. The minimum atomic E-state index is -0.846. The number of phenols is 1.